The fourth-order valence-electron chi connectivity index (χ4n) is 1.51. The highest BCUT2D eigenvalue weighted by Gasteiger charge is 2.13. The summed E-state index contributed by atoms with van der Waals surface area (Å²) in [6, 6.07) is 0. The van der Waals surface area contributed by atoms with Crippen molar-refractivity contribution in [3.05, 3.63) is 12.2 Å². The van der Waals surface area contributed by atoms with E-state index in [1.54, 1.807) is 0 Å². The monoisotopic (exact) mass is 202 g/mol. The van der Waals surface area contributed by atoms with Gasteiger partial charge in [0.25, 0.3) is 0 Å². The third-order valence-corrected chi connectivity index (χ3v) is 4.26. The molecule has 0 aromatic rings. The minimum absolute atomic E-state index is 0.847. The second-order valence-corrected chi connectivity index (χ2v) is 5.08. The van der Waals surface area contributed by atoms with Crippen molar-refractivity contribution in [1.82, 2.24) is 0 Å². The van der Waals surface area contributed by atoms with E-state index < -0.39 is 0 Å². The molecule has 0 amide bonds. The van der Waals surface area contributed by atoms with Gasteiger partial charge in [-0.05, 0) is 12.8 Å². The smallest absolute Gasteiger partial charge is 0.0151 e. The molecule has 70 valence electrons. The van der Waals surface area contributed by atoms with E-state index >= 15 is 0 Å². The number of thiol groups is 1. The van der Waals surface area contributed by atoms with E-state index in [0.717, 1.165) is 16.8 Å². The SMILES string of the molecule is C=C(CS)CSC1CCCCC1. The maximum atomic E-state index is 4.20. The second kappa shape index (κ2) is 5.98. The van der Waals surface area contributed by atoms with E-state index in [2.05, 4.69) is 31.0 Å². The van der Waals surface area contributed by atoms with Crippen LogP contribution in [0.5, 0.6) is 0 Å². The van der Waals surface area contributed by atoms with Gasteiger partial charge in [0.05, 0.1) is 0 Å². The Bertz CT molecular complexity index is 137. The molecule has 0 saturated heterocycles. The molecule has 1 aliphatic carbocycles. The van der Waals surface area contributed by atoms with Gasteiger partial charge >= 0.3 is 0 Å². The van der Waals surface area contributed by atoms with Gasteiger partial charge in [-0.3, -0.25) is 0 Å². The van der Waals surface area contributed by atoms with Crippen molar-refractivity contribution >= 4 is 24.4 Å². The predicted molar refractivity (Wildman–Crippen MR) is 62.3 cm³/mol. The van der Waals surface area contributed by atoms with Gasteiger partial charge in [0, 0.05) is 16.8 Å². The molecule has 0 N–H and O–H groups in total. The minimum Gasteiger partial charge on any atom is -0.175 e. The van der Waals surface area contributed by atoms with Crippen LogP contribution in [0.2, 0.25) is 0 Å². The van der Waals surface area contributed by atoms with Crippen molar-refractivity contribution < 1.29 is 0 Å². The first kappa shape index (κ1) is 10.5. The third kappa shape index (κ3) is 3.90. The quantitative estimate of drug-likeness (QED) is 0.537. The average molecular weight is 202 g/mol. The van der Waals surface area contributed by atoms with Gasteiger partial charge in [0.15, 0.2) is 0 Å². The number of thioether (sulfide) groups is 1. The van der Waals surface area contributed by atoms with Crippen molar-refractivity contribution in [1.29, 1.82) is 0 Å². The Balaban J connectivity index is 2.09. The fraction of sp³-hybridized carbons (Fsp3) is 0.800. The minimum atomic E-state index is 0.847. The molecule has 2 heteroatoms. The van der Waals surface area contributed by atoms with Gasteiger partial charge in [-0.1, -0.05) is 31.4 Å². The molecule has 1 aliphatic rings. The summed E-state index contributed by atoms with van der Waals surface area (Å²) in [5, 5.41) is 0.912. The molecule has 1 saturated carbocycles. The van der Waals surface area contributed by atoms with E-state index in [1.807, 2.05) is 0 Å². The molecule has 0 atom stereocenters. The first-order chi connectivity index (χ1) is 5.83. The van der Waals surface area contributed by atoms with Gasteiger partial charge < -0.3 is 0 Å². The molecule has 0 spiro atoms. The summed E-state index contributed by atoms with van der Waals surface area (Å²) in [5.41, 5.74) is 1.27. The maximum Gasteiger partial charge on any atom is 0.0151 e. The molecule has 0 heterocycles. The van der Waals surface area contributed by atoms with Crippen molar-refractivity contribution in [2.75, 3.05) is 11.5 Å². The highest BCUT2D eigenvalue weighted by Crippen LogP contribution is 2.29. The van der Waals surface area contributed by atoms with E-state index in [0.29, 0.717) is 0 Å². The van der Waals surface area contributed by atoms with Crippen LogP contribution in [0, 0.1) is 0 Å². The molecule has 1 rings (SSSR count). The first-order valence-corrected chi connectivity index (χ1v) is 6.40. The Morgan fingerprint density at radius 1 is 1.33 bits per heavy atom. The van der Waals surface area contributed by atoms with Crippen LogP contribution in [-0.4, -0.2) is 16.8 Å². The Morgan fingerprint density at radius 2 is 2.00 bits per heavy atom. The van der Waals surface area contributed by atoms with E-state index in [4.69, 9.17) is 0 Å². The molecule has 0 radical (unpaired) electrons. The Kier molecular flexibility index (Phi) is 5.24. The molecule has 0 bridgehead atoms. The van der Waals surface area contributed by atoms with Crippen LogP contribution >= 0.6 is 24.4 Å². The van der Waals surface area contributed by atoms with Crippen molar-refractivity contribution in [3.63, 3.8) is 0 Å². The molecular formula is C10H18S2. The van der Waals surface area contributed by atoms with Crippen molar-refractivity contribution in [3.8, 4) is 0 Å². The van der Waals surface area contributed by atoms with Crippen LogP contribution < -0.4 is 0 Å². The number of hydrogen-bond donors (Lipinski definition) is 1. The molecule has 12 heavy (non-hydrogen) atoms. The van der Waals surface area contributed by atoms with E-state index in [9.17, 15) is 0 Å². The number of hydrogen-bond acceptors (Lipinski definition) is 2. The molecule has 0 aromatic heterocycles. The predicted octanol–water partition coefficient (Wildman–Crippen LogP) is 3.54. The fourth-order valence-corrected chi connectivity index (χ4v) is 3.02. The zero-order valence-corrected chi connectivity index (χ0v) is 9.30. The molecule has 1 fully saturated rings. The maximum absolute atomic E-state index is 4.20. The third-order valence-electron chi connectivity index (χ3n) is 2.30. The van der Waals surface area contributed by atoms with Crippen LogP contribution in [0.25, 0.3) is 0 Å². The van der Waals surface area contributed by atoms with Crippen LogP contribution in [0.1, 0.15) is 32.1 Å². The highest BCUT2D eigenvalue weighted by molar-refractivity contribution is 8.00. The topological polar surface area (TPSA) is 0 Å². The molecule has 0 aliphatic heterocycles. The van der Waals surface area contributed by atoms with E-state index in [-0.39, 0.29) is 0 Å². The lowest BCUT2D eigenvalue weighted by Crippen LogP contribution is -2.09. The zero-order chi connectivity index (χ0) is 8.81. The summed E-state index contributed by atoms with van der Waals surface area (Å²) in [5.74, 6) is 1.97. The standard InChI is InChI=1S/C10H18S2/c1-9(7-11)8-12-10-5-3-2-4-6-10/h10-11H,1-8H2. The van der Waals surface area contributed by atoms with Crippen LogP contribution in [0.15, 0.2) is 12.2 Å². The van der Waals surface area contributed by atoms with Gasteiger partial charge in [-0.25, -0.2) is 0 Å². The lowest BCUT2D eigenvalue weighted by atomic mass is 10.0. The summed E-state index contributed by atoms with van der Waals surface area (Å²) >= 11 is 6.28. The molecular weight excluding hydrogens is 184 g/mol. The lowest BCUT2D eigenvalue weighted by molar-refractivity contribution is 0.516. The largest absolute Gasteiger partial charge is 0.175 e. The lowest BCUT2D eigenvalue weighted by Gasteiger charge is -2.21. The highest BCUT2D eigenvalue weighted by atomic mass is 32.2. The van der Waals surface area contributed by atoms with Crippen LogP contribution in [0.4, 0.5) is 0 Å². The Labute approximate surface area is 85.6 Å². The molecule has 0 unspecified atom stereocenters. The normalized spacial score (nSPS) is 19.4. The number of rotatable bonds is 4. The van der Waals surface area contributed by atoms with Crippen LogP contribution in [0.3, 0.4) is 0 Å². The van der Waals surface area contributed by atoms with E-state index in [1.165, 1.54) is 37.7 Å². The summed E-state index contributed by atoms with van der Waals surface area (Å²) in [7, 11) is 0. The summed E-state index contributed by atoms with van der Waals surface area (Å²) in [6.45, 7) is 3.96. The summed E-state index contributed by atoms with van der Waals surface area (Å²) in [4.78, 5) is 0. The van der Waals surface area contributed by atoms with Crippen molar-refractivity contribution in [2.24, 2.45) is 0 Å². The Morgan fingerprint density at radius 3 is 2.58 bits per heavy atom. The summed E-state index contributed by atoms with van der Waals surface area (Å²) < 4.78 is 0. The first-order valence-electron chi connectivity index (χ1n) is 4.72. The van der Waals surface area contributed by atoms with Gasteiger partial charge in [0.1, 0.15) is 0 Å². The molecule has 0 aromatic carbocycles. The second-order valence-electron chi connectivity index (χ2n) is 3.48. The summed E-state index contributed by atoms with van der Waals surface area (Å²) in [6.07, 6.45) is 7.16. The van der Waals surface area contributed by atoms with Crippen LogP contribution in [-0.2, 0) is 0 Å². The molecule has 0 nitrogen and oxygen atoms in total. The zero-order valence-electron chi connectivity index (χ0n) is 7.59. The van der Waals surface area contributed by atoms with Gasteiger partial charge in [-0.2, -0.15) is 24.4 Å². The average Bonchev–Trinajstić information content (AvgIpc) is 2.16. The van der Waals surface area contributed by atoms with Crippen molar-refractivity contribution in [2.45, 2.75) is 37.4 Å². The van der Waals surface area contributed by atoms with Gasteiger partial charge in [-0.15, -0.1) is 0 Å². The van der Waals surface area contributed by atoms with Gasteiger partial charge in [0.2, 0.25) is 0 Å². The Hall–Kier alpha value is 0.440.